The highest BCUT2D eigenvalue weighted by Gasteiger charge is 2.13. The van der Waals surface area contributed by atoms with Crippen LogP contribution in [-0.4, -0.2) is 18.2 Å². The molecular weight excluding hydrogens is 300 g/mol. The summed E-state index contributed by atoms with van der Waals surface area (Å²) in [6.07, 6.45) is 0. The molecule has 1 heterocycles. The summed E-state index contributed by atoms with van der Waals surface area (Å²) in [4.78, 5) is 11.2. The van der Waals surface area contributed by atoms with Crippen LogP contribution in [0.2, 0.25) is 0 Å². The Labute approximate surface area is 131 Å². The minimum absolute atomic E-state index is 0.325. The highest BCUT2D eigenvalue weighted by atomic mass is 32.1. The van der Waals surface area contributed by atoms with Crippen molar-refractivity contribution < 1.29 is 19.4 Å². The summed E-state index contributed by atoms with van der Waals surface area (Å²) in [5, 5.41) is 12.1. The normalized spacial score (nSPS) is 10.6. The van der Waals surface area contributed by atoms with Gasteiger partial charge in [0, 0.05) is 10.3 Å². The van der Waals surface area contributed by atoms with E-state index >= 15 is 0 Å². The quantitative estimate of drug-likeness (QED) is 0.767. The van der Waals surface area contributed by atoms with Gasteiger partial charge in [-0.05, 0) is 29.0 Å². The van der Waals surface area contributed by atoms with Crippen molar-refractivity contribution in [2.75, 3.05) is 7.11 Å². The van der Waals surface area contributed by atoms with Crippen molar-refractivity contribution >= 4 is 27.4 Å². The fourth-order valence-electron chi connectivity index (χ4n) is 2.28. The Hall–Kier alpha value is -2.53. The Balaban J connectivity index is 1.89. The molecule has 4 nitrogen and oxygen atoms in total. The average molecular weight is 314 g/mol. The standard InChI is InChI=1S/C17H14O4S/c1-20-14-7-2-3-8-15(14)21-9-11-10-22-16-12(11)5-4-6-13(16)17(18)19/h2-8,10H,9H2,1H3,(H,18,19). The van der Waals surface area contributed by atoms with Gasteiger partial charge in [0.05, 0.1) is 12.7 Å². The molecule has 0 spiro atoms. The highest BCUT2D eigenvalue weighted by Crippen LogP contribution is 2.32. The molecule has 0 aliphatic rings. The van der Waals surface area contributed by atoms with E-state index in [-0.39, 0.29) is 0 Å². The Morgan fingerprint density at radius 1 is 1.14 bits per heavy atom. The van der Waals surface area contributed by atoms with Crippen molar-refractivity contribution in [2.24, 2.45) is 0 Å². The SMILES string of the molecule is COc1ccccc1OCc1csc2c(C(=O)O)cccc12. The van der Waals surface area contributed by atoms with Crippen LogP contribution in [0.5, 0.6) is 11.5 Å². The number of methoxy groups -OCH3 is 1. The third kappa shape index (κ3) is 2.63. The zero-order valence-corrected chi connectivity index (χ0v) is 12.7. The van der Waals surface area contributed by atoms with Gasteiger partial charge in [-0.2, -0.15) is 0 Å². The summed E-state index contributed by atoms with van der Waals surface area (Å²) in [5.74, 6) is 0.427. The Bertz CT molecular complexity index is 822. The summed E-state index contributed by atoms with van der Waals surface area (Å²) in [5.41, 5.74) is 1.29. The van der Waals surface area contributed by atoms with Crippen molar-refractivity contribution in [1.29, 1.82) is 0 Å². The first-order valence-electron chi connectivity index (χ1n) is 6.69. The summed E-state index contributed by atoms with van der Waals surface area (Å²) in [7, 11) is 1.60. The molecule has 0 saturated heterocycles. The van der Waals surface area contributed by atoms with Gasteiger partial charge in [0.15, 0.2) is 11.5 Å². The number of hydrogen-bond acceptors (Lipinski definition) is 4. The van der Waals surface area contributed by atoms with Crippen molar-refractivity contribution in [1.82, 2.24) is 0 Å². The Kier molecular flexibility index (Phi) is 3.98. The van der Waals surface area contributed by atoms with E-state index in [0.717, 1.165) is 15.6 Å². The summed E-state index contributed by atoms with van der Waals surface area (Å²) in [6, 6.07) is 12.7. The van der Waals surface area contributed by atoms with Crippen molar-refractivity contribution in [3.8, 4) is 11.5 Å². The molecule has 0 bridgehead atoms. The largest absolute Gasteiger partial charge is 0.493 e. The van der Waals surface area contributed by atoms with E-state index in [4.69, 9.17) is 9.47 Å². The molecule has 1 N–H and O–H groups in total. The van der Waals surface area contributed by atoms with Crippen LogP contribution in [0.4, 0.5) is 0 Å². The lowest BCUT2D eigenvalue weighted by molar-refractivity contribution is 0.0699. The number of aromatic carboxylic acids is 1. The smallest absolute Gasteiger partial charge is 0.337 e. The Morgan fingerprint density at radius 2 is 1.91 bits per heavy atom. The highest BCUT2D eigenvalue weighted by molar-refractivity contribution is 7.17. The number of carbonyl (C=O) groups is 1. The maximum Gasteiger partial charge on any atom is 0.337 e. The lowest BCUT2D eigenvalue weighted by Gasteiger charge is -2.09. The monoisotopic (exact) mass is 314 g/mol. The molecule has 2 aromatic carbocycles. The first kappa shape index (κ1) is 14.4. The van der Waals surface area contributed by atoms with Gasteiger partial charge in [-0.25, -0.2) is 4.79 Å². The number of carboxylic acids is 1. The lowest BCUT2D eigenvalue weighted by Crippen LogP contribution is -1.98. The van der Waals surface area contributed by atoms with Crippen LogP contribution in [0.25, 0.3) is 10.1 Å². The van der Waals surface area contributed by atoms with E-state index in [0.29, 0.717) is 23.7 Å². The second-order valence-corrected chi connectivity index (χ2v) is 5.57. The zero-order chi connectivity index (χ0) is 15.5. The Morgan fingerprint density at radius 3 is 2.64 bits per heavy atom. The van der Waals surface area contributed by atoms with E-state index in [9.17, 15) is 9.90 Å². The predicted octanol–water partition coefficient (Wildman–Crippen LogP) is 4.19. The molecule has 0 atom stereocenters. The number of benzene rings is 2. The molecule has 0 amide bonds. The van der Waals surface area contributed by atoms with E-state index in [1.165, 1.54) is 11.3 Å². The molecule has 0 aliphatic heterocycles. The van der Waals surface area contributed by atoms with Gasteiger partial charge in [-0.3, -0.25) is 0 Å². The average Bonchev–Trinajstić information content (AvgIpc) is 2.96. The maximum absolute atomic E-state index is 11.2. The topological polar surface area (TPSA) is 55.8 Å². The maximum atomic E-state index is 11.2. The molecule has 3 aromatic rings. The third-order valence-corrected chi connectivity index (χ3v) is 4.44. The summed E-state index contributed by atoms with van der Waals surface area (Å²) < 4.78 is 11.8. The molecule has 1 aromatic heterocycles. The molecule has 22 heavy (non-hydrogen) atoms. The van der Waals surface area contributed by atoms with E-state index < -0.39 is 5.97 Å². The number of fused-ring (bicyclic) bond motifs is 1. The van der Waals surface area contributed by atoms with Crippen LogP contribution < -0.4 is 9.47 Å². The molecular formula is C17H14O4S. The lowest BCUT2D eigenvalue weighted by atomic mass is 10.1. The van der Waals surface area contributed by atoms with Gasteiger partial charge in [0.25, 0.3) is 0 Å². The number of rotatable bonds is 5. The first-order chi connectivity index (χ1) is 10.7. The second-order valence-electron chi connectivity index (χ2n) is 4.69. The van der Waals surface area contributed by atoms with Gasteiger partial charge in [0.2, 0.25) is 0 Å². The molecule has 112 valence electrons. The van der Waals surface area contributed by atoms with Gasteiger partial charge in [0.1, 0.15) is 6.61 Å². The summed E-state index contributed by atoms with van der Waals surface area (Å²) in [6.45, 7) is 0.365. The predicted molar refractivity (Wildman–Crippen MR) is 86.1 cm³/mol. The van der Waals surface area contributed by atoms with Crippen molar-refractivity contribution in [3.63, 3.8) is 0 Å². The number of hydrogen-bond donors (Lipinski definition) is 1. The molecule has 5 heteroatoms. The number of para-hydroxylation sites is 2. The van der Waals surface area contributed by atoms with Crippen molar-refractivity contribution in [2.45, 2.75) is 6.61 Å². The molecule has 3 rings (SSSR count). The van der Waals surface area contributed by atoms with Crippen LogP contribution in [-0.2, 0) is 6.61 Å². The van der Waals surface area contributed by atoms with Crippen LogP contribution in [0.1, 0.15) is 15.9 Å². The summed E-state index contributed by atoms with van der Waals surface area (Å²) >= 11 is 1.42. The number of carboxylic acid groups (broad SMARTS) is 1. The number of ether oxygens (including phenoxy) is 2. The van der Waals surface area contributed by atoms with E-state index in [1.54, 1.807) is 19.2 Å². The number of thiophene rings is 1. The van der Waals surface area contributed by atoms with Crippen LogP contribution in [0.15, 0.2) is 47.8 Å². The minimum Gasteiger partial charge on any atom is -0.493 e. The van der Waals surface area contributed by atoms with Crippen LogP contribution in [0.3, 0.4) is 0 Å². The second kappa shape index (κ2) is 6.07. The van der Waals surface area contributed by atoms with Gasteiger partial charge >= 0.3 is 5.97 Å². The minimum atomic E-state index is -0.912. The fourth-order valence-corrected chi connectivity index (χ4v) is 3.35. The first-order valence-corrected chi connectivity index (χ1v) is 7.57. The van der Waals surface area contributed by atoms with E-state index in [1.807, 2.05) is 35.7 Å². The van der Waals surface area contributed by atoms with Gasteiger partial charge < -0.3 is 14.6 Å². The molecule has 0 saturated carbocycles. The molecule has 0 aliphatic carbocycles. The van der Waals surface area contributed by atoms with Crippen LogP contribution >= 0.6 is 11.3 Å². The van der Waals surface area contributed by atoms with Gasteiger partial charge in [-0.1, -0.05) is 24.3 Å². The zero-order valence-electron chi connectivity index (χ0n) is 11.9. The van der Waals surface area contributed by atoms with E-state index in [2.05, 4.69) is 0 Å². The molecule has 0 fully saturated rings. The third-order valence-electron chi connectivity index (χ3n) is 3.36. The molecule has 0 unspecified atom stereocenters. The van der Waals surface area contributed by atoms with Gasteiger partial charge in [-0.15, -0.1) is 11.3 Å². The molecule has 0 radical (unpaired) electrons. The fraction of sp³-hybridized carbons (Fsp3) is 0.118. The van der Waals surface area contributed by atoms with Crippen molar-refractivity contribution in [3.05, 3.63) is 59.0 Å². The van der Waals surface area contributed by atoms with Crippen LogP contribution in [0, 0.1) is 0 Å².